The van der Waals surface area contributed by atoms with Crippen LogP contribution in [0.25, 0.3) is 0 Å². The van der Waals surface area contributed by atoms with Crippen molar-refractivity contribution in [2.75, 3.05) is 6.54 Å². The van der Waals surface area contributed by atoms with Crippen LogP contribution in [-0.4, -0.2) is 35.2 Å². The van der Waals surface area contributed by atoms with Crippen molar-refractivity contribution in [3.05, 3.63) is 0 Å². The van der Waals surface area contributed by atoms with Crippen LogP contribution in [-0.2, 0) is 14.3 Å². The van der Waals surface area contributed by atoms with E-state index in [0.29, 0.717) is 19.4 Å². The molecule has 5 heteroatoms. The van der Waals surface area contributed by atoms with Crippen LogP contribution >= 0.6 is 0 Å². The third-order valence-corrected chi connectivity index (χ3v) is 2.44. The summed E-state index contributed by atoms with van der Waals surface area (Å²) in [5.74, 6) is -1.50. The zero-order valence-corrected chi connectivity index (χ0v) is 9.95. The second kappa shape index (κ2) is 4.82. The highest BCUT2D eigenvalue weighted by molar-refractivity contribution is 5.77. The Balaban J connectivity index is 2.54. The first-order valence-electron chi connectivity index (χ1n) is 5.48. The summed E-state index contributed by atoms with van der Waals surface area (Å²) in [4.78, 5) is 22.5. The normalized spacial score (nSPS) is 26.2. The fraction of sp³-hybridized carbons (Fsp3) is 0.818. The molecule has 0 spiro atoms. The number of carbonyl (C=O) groups excluding carboxylic acids is 1. The molecular formula is C11H19NO4. The van der Waals surface area contributed by atoms with Crippen LogP contribution in [0.15, 0.2) is 0 Å². The van der Waals surface area contributed by atoms with Gasteiger partial charge in [0.2, 0.25) is 0 Å². The maximum atomic E-state index is 11.7. The highest BCUT2D eigenvalue weighted by atomic mass is 16.6. The molecule has 1 fully saturated rings. The molecule has 0 amide bonds. The molecule has 16 heavy (non-hydrogen) atoms. The molecule has 0 radical (unpaired) electrons. The summed E-state index contributed by atoms with van der Waals surface area (Å²) in [5.41, 5.74) is -0.513. The van der Waals surface area contributed by atoms with E-state index in [0.717, 1.165) is 0 Å². The molecule has 1 saturated heterocycles. The average molecular weight is 229 g/mol. The molecule has 0 aromatic rings. The minimum absolute atomic E-state index is 0.291. The van der Waals surface area contributed by atoms with Gasteiger partial charge in [0.15, 0.2) is 0 Å². The summed E-state index contributed by atoms with van der Waals surface area (Å²) >= 11 is 0. The lowest BCUT2D eigenvalue weighted by Crippen LogP contribution is -2.46. The zero-order valence-electron chi connectivity index (χ0n) is 9.95. The third-order valence-electron chi connectivity index (χ3n) is 2.44. The molecule has 1 aliphatic rings. The van der Waals surface area contributed by atoms with Gasteiger partial charge in [0.05, 0.1) is 5.92 Å². The lowest BCUT2D eigenvalue weighted by atomic mass is 9.92. The Bertz CT molecular complexity index is 282. The van der Waals surface area contributed by atoms with Crippen LogP contribution in [0.4, 0.5) is 0 Å². The number of piperidine rings is 1. The molecule has 2 unspecified atom stereocenters. The standard InChI is InChI=1S/C11H19NO4/c1-11(2,3)16-10(15)7-4-5-12-8(6-7)9(13)14/h7-8,12H,4-6H2,1-3H3,(H,13,14). The highest BCUT2D eigenvalue weighted by Crippen LogP contribution is 2.21. The van der Waals surface area contributed by atoms with Gasteiger partial charge in [-0.05, 0) is 40.2 Å². The molecular weight excluding hydrogens is 210 g/mol. The van der Waals surface area contributed by atoms with Gasteiger partial charge in [0.1, 0.15) is 11.6 Å². The van der Waals surface area contributed by atoms with Crippen molar-refractivity contribution in [1.82, 2.24) is 5.32 Å². The fourth-order valence-corrected chi connectivity index (χ4v) is 1.70. The molecule has 1 rings (SSSR count). The van der Waals surface area contributed by atoms with E-state index in [1.807, 2.05) is 0 Å². The maximum absolute atomic E-state index is 11.7. The number of carboxylic acid groups (broad SMARTS) is 1. The van der Waals surface area contributed by atoms with Gasteiger partial charge < -0.3 is 15.2 Å². The van der Waals surface area contributed by atoms with E-state index in [1.54, 1.807) is 20.8 Å². The molecule has 0 bridgehead atoms. The second-order valence-corrected chi connectivity index (χ2v) is 5.10. The van der Waals surface area contributed by atoms with Gasteiger partial charge in [-0.3, -0.25) is 9.59 Å². The zero-order chi connectivity index (χ0) is 12.3. The highest BCUT2D eigenvalue weighted by Gasteiger charge is 2.33. The average Bonchev–Trinajstić information content (AvgIpc) is 2.15. The van der Waals surface area contributed by atoms with Crippen molar-refractivity contribution in [2.45, 2.75) is 45.3 Å². The van der Waals surface area contributed by atoms with Gasteiger partial charge in [-0.25, -0.2) is 0 Å². The van der Waals surface area contributed by atoms with Crippen molar-refractivity contribution >= 4 is 11.9 Å². The Hall–Kier alpha value is -1.10. The van der Waals surface area contributed by atoms with E-state index >= 15 is 0 Å². The monoisotopic (exact) mass is 229 g/mol. The lowest BCUT2D eigenvalue weighted by Gasteiger charge is -2.29. The summed E-state index contributed by atoms with van der Waals surface area (Å²) in [5, 5.41) is 11.7. The first kappa shape index (κ1) is 13.0. The molecule has 1 aliphatic heterocycles. The molecule has 5 nitrogen and oxygen atoms in total. The summed E-state index contributed by atoms with van der Waals surface area (Å²) in [6.07, 6.45) is 0.947. The number of carboxylic acids is 1. The SMILES string of the molecule is CC(C)(C)OC(=O)C1CCNC(C(=O)O)C1. The number of hydrogen-bond acceptors (Lipinski definition) is 4. The number of esters is 1. The van der Waals surface area contributed by atoms with Crippen molar-refractivity contribution in [3.8, 4) is 0 Å². The molecule has 92 valence electrons. The van der Waals surface area contributed by atoms with E-state index in [1.165, 1.54) is 0 Å². The molecule has 0 saturated carbocycles. The molecule has 1 heterocycles. The van der Waals surface area contributed by atoms with Crippen molar-refractivity contribution in [1.29, 1.82) is 0 Å². The largest absolute Gasteiger partial charge is 0.480 e. The number of carbonyl (C=O) groups is 2. The van der Waals surface area contributed by atoms with E-state index in [4.69, 9.17) is 9.84 Å². The molecule has 0 aromatic carbocycles. The maximum Gasteiger partial charge on any atom is 0.320 e. The summed E-state index contributed by atoms with van der Waals surface area (Å²) < 4.78 is 5.25. The molecule has 0 aliphatic carbocycles. The number of hydrogen-bond donors (Lipinski definition) is 2. The van der Waals surface area contributed by atoms with E-state index < -0.39 is 17.6 Å². The van der Waals surface area contributed by atoms with Crippen LogP contribution in [0.1, 0.15) is 33.6 Å². The van der Waals surface area contributed by atoms with Gasteiger partial charge in [-0.1, -0.05) is 0 Å². The molecule has 2 atom stereocenters. The Labute approximate surface area is 95.2 Å². The van der Waals surface area contributed by atoms with Crippen molar-refractivity contribution < 1.29 is 19.4 Å². The van der Waals surface area contributed by atoms with Crippen LogP contribution < -0.4 is 5.32 Å². The van der Waals surface area contributed by atoms with E-state index in [2.05, 4.69) is 5.32 Å². The van der Waals surface area contributed by atoms with Crippen LogP contribution in [0, 0.1) is 5.92 Å². The van der Waals surface area contributed by atoms with Crippen LogP contribution in [0.2, 0.25) is 0 Å². The van der Waals surface area contributed by atoms with E-state index in [-0.39, 0.29) is 11.9 Å². The van der Waals surface area contributed by atoms with E-state index in [9.17, 15) is 9.59 Å². The van der Waals surface area contributed by atoms with Gasteiger partial charge >= 0.3 is 11.9 Å². The Morgan fingerprint density at radius 2 is 2.00 bits per heavy atom. The number of ether oxygens (including phenoxy) is 1. The molecule has 0 aromatic heterocycles. The molecule has 2 N–H and O–H groups in total. The predicted octanol–water partition coefficient (Wildman–Crippen LogP) is 0.781. The lowest BCUT2D eigenvalue weighted by molar-refractivity contribution is -0.161. The Morgan fingerprint density at radius 3 is 2.50 bits per heavy atom. The van der Waals surface area contributed by atoms with Gasteiger partial charge in [0, 0.05) is 0 Å². The quantitative estimate of drug-likeness (QED) is 0.684. The fourth-order valence-electron chi connectivity index (χ4n) is 1.70. The number of rotatable bonds is 2. The van der Waals surface area contributed by atoms with Gasteiger partial charge in [0.25, 0.3) is 0 Å². The number of nitrogens with one attached hydrogen (secondary N) is 1. The first-order valence-corrected chi connectivity index (χ1v) is 5.48. The summed E-state index contributed by atoms with van der Waals surface area (Å²) in [6.45, 7) is 5.96. The van der Waals surface area contributed by atoms with Crippen molar-refractivity contribution in [2.24, 2.45) is 5.92 Å². The number of aliphatic carboxylic acids is 1. The third kappa shape index (κ3) is 3.81. The Morgan fingerprint density at radius 1 is 1.38 bits per heavy atom. The topological polar surface area (TPSA) is 75.6 Å². The summed E-state index contributed by atoms with van der Waals surface area (Å²) in [6, 6.07) is -0.633. The minimum Gasteiger partial charge on any atom is -0.480 e. The minimum atomic E-state index is -0.909. The first-order chi connectivity index (χ1) is 7.29. The van der Waals surface area contributed by atoms with Gasteiger partial charge in [-0.15, -0.1) is 0 Å². The Kier molecular flexibility index (Phi) is 3.91. The smallest absolute Gasteiger partial charge is 0.320 e. The van der Waals surface area contributed by atoms with Crippen LogP contribution in [0.5, 0.6) is 0 Å². The van der Waals surface area contributed by atoms with Gasteiger partial charge in [-0.2, -0.15) is 0 Å². The summed E-state index contributed by atoms with van der Waals surface area (Å²) in [7, 11) is 0. The van der Waals surface area contributed by atoms with Crippen LogP contribution in [0.3, 0.4) is 0 Å². The predicted molar refractivity (Wildman–Crippen MR) is 58.0 cm³/mol. The second-order valence-electron chi connectivity index (χ2n) is 5.10. The van der Waals surface area contributed by atoms with Crippen molar-refractivity contribution in [3.63, 3.8) is 0 Å².